The van der Waals surface area contributed by atoms with Gasteiger partial charge in [-0.15, -0.1) is 0 Å². The van der Waals surface area contributed by atoms with Crippen molar-refractivity contribution in [2.75, 3.05) is 24.7 Å². The SMILES string of the molecule is Cc1ccc(S(C)(=O)=O)cc1NC(=O)NC[C@@H]1CCCO1. The first-order valence-electron chi connectivity index (χ1n) is 6.83. The molecule has 0 unspecified atom stereocenters. The van der Waals surface area contributed by atoms with Crippen LogP contribution in [0.15, 0.2) is 23.1 Å². The Morgan fingerprint density at radius 3 is 2.81 bits per heavy atom. The van der Waals surface area contributed by atoms with Crippen LogP contribution in [0.2, 0.25) is 0 Å². The van der Waals surface area contributed by atoms with Gasteiger partial charge in [0.2, 0.25) is 0 Å². The summed E-state index contributed by atoms with van der Waals surface area (Å²) in [4.78, 5) is 12.0. The molecule has 1 atom stereocenters. The minimum atomic E-state index is -3.29. The number of rotatable bonds is 4. The second-order valence-electron chi connectivity index (χ2n) is 5.22. The van der Waals surface area contributed by atoms with Crippen molar-refractivity contribution >= 4 is 21.6 Å². The molecule has 116 valence electrons. The number of ether oxygens (including phenoxy) is 1. The molecule has 0 bridgehead atoms. The summed E-state index contributed by atoms with van der Waals surface area (Å²) in [6.45, 7) is 3.00. The molecule has 0 radical (unpaired) electrons. The van der Waals surface area contributed by atoms with E-state index in [-0.39, 0.29) is 17.0 Å². The fourth-order valence-electron chi connectivity index (χ4n) is 2.14. The lowest BCUT2D eigenvalue weighted by Gasteiger charge is -2.13. The van der Waals surface area contributed by atoms with Gasteiger partial charge in [0.1, 0.15) is 0 Å². The number of anilines is 1. The molecule has 1 aliphatic heterocycles. The molecule has 2 amide bonds. The van der Waals surface area contributed by atoms with E-state index in [1.807, 2.05) is 6.92 Å². The highest BCUT2D eigenvalue weighted by molar-refractivity contribution is 7.90. The number of hydrogen-bond donors (Lipinski definition) is 2. The van der Waals surface area contributed by atoms with Crippen molar-refractivity contribution in [1.29, 1.82) is 0 Å². The van der Waals surface area contributed by atoms with Gasteiger partial charge in [-0.25, -0.2) is 13.2 Å². The molecule has 2 rings (SSSR count). The number of urea groups is 1. The van der Waals surface area contributed by atoms with Gasteiger partial charge in [-0.05, 0) is 37.5 Å². The van der Waals surface area contributed by atoms with E-state index in [2.05, 4.69) is 10.6 Å². The third-order valence-corrected chi connectivity index (χ3v) is 4.51. The average molecular weight is 312 g/mol. The Balaban J connectivity index is 1.99. The van der Waals surface area contributed by atoms with Crippen molar-refractivity contribution in [3.05, 3.63) is 23.8 Å². The van der Waals surface area contributed by atoms with E-state index in [1.165, 1.54) is 12.1 Å². The van der Waals surface area contributed by atoms with Crippen LogP contribution in [0.5, 0.6) is 0 Å². The topological polar surface area (TPSA) is 84.5 Å². The zero-order valence-electron chi connectivity index (χ0n) is 12.2. The minimum absolute atomic E-state index is 0.0687. The summed E-state index contributed by atoms with van der Waals surface area (Å²) in [7, 11) is -3.29. The van der Waals surface area contributed by atoms with Gasteiger partial charge in [0.25, 0.3) is 0 Å². The number of nitrogens with one attached hydrogen (secondary N) is 2. The molecule has 2 N–H and O–H groups in total. The molecule has 0 aliphatic carbocycles. The predicted octanol–water partition coefficient (Wildman–Crippen LogP) is 1.70. The van der Waals surface area contributed by atoms with E-state index in [9.17, 15) is 13.2 Å². The first-order chi connectivity index (χ1) is 9.86. The van der Waals surface area contributed by atoms with Crippen molar-refractivity contribution in [3.8, 4) is 0 Å². The Kier molecular flexibility index (Phi) is 4.84. The van der Waals surface area contributed by atoms with E-state index in [0.717, 1.165) is 31.3 Å². The molecule has 0 spiro atoms. The Hall–Kier alpha value is -1.60. The zero-order valence-corrected chi connectivity index (χ0v) is 13.0. The molecule has 0 aromatic heterocycles. The highest BCUT2D eigenvalue weighted by Crippen LogP contribution is 2.20. The number of aryl methyl sites for hydroxylation is 1. The van der Waals surface area contributed by atoms with Crippen LogP contribution in [0.1, 0.15) is 18.4 Å². The molecule has 1 saturated heterocycles. The molecule has 6 nitrogen and oxygen atoms in total. The smallest absolute Gasteiger partial charge is 0.319 e. The van der Waals surface area contributed by atoms with Crippen molar-refractivity contribution in [3.63, 3.8) is 0 Å². The molecule has 21 heavy (non-hydrogen) atoms. The number of hydrogen-bond acceptors (Lipinski definition) is 4. The largest absolute Gasteiger partial charge is 0.376 e. The second kappa shape index (κ2) is 6.44. The fourth-order valence-corrected chi connectivity index (χ4v) is 2.79. The summed E-state index contributed by atoms with van der Waals surface area (Å²) >= 11 is 0. The van der Waals surface area contributed by atoms with Crippen LogP contribution in [-0.4, -0.2) is 40.0 Å². The van der Waals surface area contributed by atoms with Crippen molar-refractivity contribution in [2.45, 2.75) is 30.8 Å². The third-order valence-electron chi connectivity index (χ3n) is 3.40. The van der Waals surface area contributed by atoms with Crippen molar-refractivity contribution in [2.24, 2.45) is 0 Å². The lowest BCUT2D eigenvalue weighted by atomic mass is 10.2. The van der Waals surface area contributed by atoms with Gasteiger partial charge in [0, 0.05) is 25.1 Å². The van der Waals surface area contributed by atoms with E-state index in [1.54, 1.807) is 6.07 Å². The first kappa shape index (κ1) is 15.8. The number of amides is 2. The minimum Gasteiger partial charge on any atom is -0.376 e. The maximum Gasteiger partial charge on any atom is 0.319 e. The summed E-state index contributed by atoms with van der Waals surface area (Å²) in [5.74, 6) is 0. The van der Waals surface area contributed by atoms with Crippen LogP contribution in [0.25, 0.3) is 0 Å². The standard InChI is InChI=1S/C14H20N2O4S/c1-10-5-6-12(21(2,18)19)8-13(10)16-14(17)15-9-11-4-3-7-20-11/h5-6,8,11H,3-4,7,9H2,1-2H3,(H2,15,16,17)/t11-/m0/s1. The highest BCUT2D eigenvalue weighted by atomic mass is 32.2. The monoisotopic (exact) mass is 312 g/mol. The Morgan fingerprint density at radius 2 is 2.19 bits per heavy atom. The summed E-state index contributed by atoms with van der Waals surface area (Å²) < 4.78 is 28.5. The van der Waals surface area contributed by atoms with Crippen LogP contribution in [-0.2, 0) is 14.6 Å². The van der Waals surface area contributed by atoms with Crippen LogP contribution >= 0.6 is 0 Å². The summed E-state index contributed by atoms with van der Waals surface area (Å²) in [5, 5.41) is 5.41. The van der Waals surface area contributed by atoms with Gasteiger partial charge in [-0.1, -0.05) is 6.07 Å². The first-order valence-corrected chi connectivity index (χ1v) is 8.72. The second-order valence-corrected chi connectivity index (χ2v) is 7.23. The molecule has 1 aliphatic rings. The van der Waals surface area contributed by atoms with Crippen molar-refractivity contribution in [1.82, 2.24) is 5.32 Å². The summed E-state index contributed by atoms with van der Waals surface area (Å²) in [5.41, 5.74) is 1.29. The average Bonchev–Trinajstić information content (AvgIpc) is 2.91. The van der Waals surface area contributed by atoms with Crippen LogP contribution < -0.4 is 10.6 Å². The van der Waals surface area contributed by atoms with Crippen LogP contribution in [0.3, 0.4) is 0 Å². The molecule has 1 fully saturated rings. The molecular weight excluding hydrogens is 292 g/mol. The van der Waals surface area contributed by atoms with Gasteiger partial charge in [-0.2, -0.15) is 0 Å². The van der Waals surface area contributed by atoms with E-state index < -0.39 is 9.84 Å². The van der Waals surface area contributed by atoms with E-state index in [4.69, 9.17) is 4.74 Å². The molecular formula is C14H20N2O4S. The molecule has 1 aromatic rings. The van der Waals surface area contributed by atoms with E-state index in [0.29, 0.717) is 12.2 Å². The maximum absolute atomic E-state index is 11.9. The van der Waals surface area contributed by atoms with Gasteiger partial charge >= 0.3 is 6.03 Å². The van der Waals surface area contributed by atoms with Gasteiger partial charge in [0.05, 0.1) is 11.0 Å². The van der Waals surface area contributed by atoms with Crippen LogP contribution in [0, 0.1) is 6.92 Å². The Labute approximate surface area is 124 Å². The number of sulfone groups is 1. The maximum atomic E-state index is 11.9. The predicted molar refractivity (Wildman–Crippen MR) is 80.3 cm³/mol. The lowest BCUT2D eigenvalue weighted by molar-refractivity contribution is 0.112. The van der Waals surface area contributed by atoms with Crippen molar-refractivity contribution < 1.29 is 17.9 Å². The van der Waals surface area contributed by atoms with Gasteiger partial charge < -0.3 is 15.4 Å². The summed E-state index contributed by atoms with van der Waals surface area (Å²) in [6, 6.07) is 4.31. The quantitative estimate of drug-likeness (QED) is 0.886. The van der Waals surface area contributed by atoms with Gasteiger partial charge in [0.15, 0.2) is 9.84 Å². The highest BCUT2D eigenvalue weighted by Gasteiger charge is 2.16. The number of benzene rings is 1. The molecule has 0 saturated carbocycles. The molecule has 1 aromatic carbocycles. The number of carbonyl (C=O) groups excluding carboxylic acids is 1. The Morgan fingerprint density at radius 1 is 1.43 bits per heavy atom. The zero-order chi connectivity index (χ0) is 15.5. The Bertz CT molecular complexity index is 622. The van der Waals surface area contributed by atoms with Crippen LogP contribution in [0.4, 0.5) is 10.5 Å². The normalized spacial score (nSPS) is 18.5. The van der Waals surface area contributed by atoms with E-state index >= 15 is 0 Å². The third kappa shape index (κ3) is 4.44. The molecule has 1 heterocycles. The fraction of sp³-hybridized carbons (Fsp3) is 0.500. The van der Waals surface area contributed by atoms with Gasteiger partial charge in [-0.3, -0.25) is 0 Å². The molecule has 7 heteroatoms. The summed E-state index contributed by atoms with van der Waals surface area (Å²) in [6.07, 6.45) is 3.17. The lowest BCUT2D eigenvalue weighted by Crippen LogP contribution is -2.35. The number of carbonyl (C=O) groups is 1.